The van der Waals surface area contributed by atoms with Gasteiger partial charge in [0.15, 0.2) is 0 Å². The number of hydrogen-bond acceptors (Lipinski definition) is 4. The third kappa shape index (κ3) is 5.47. The lowest BCUT2D eigenvalue weighted by molar-refractivity contribution is 0.252. The first kappa shape index (κ1) is 17.7. The molecule has 2 rings (SSSR count). The second-order valence-electron chi connectivity index (χ2n) is 5.61. The van der Waals surface area contributed by atoms with Gasteiger partial charge in [0.25, 0.3) is 0 Å². The summed E-state index contributed by atoms with van der Waals surface area (Å²) < 4.78 is 24.5. The number of rotatable bonds is 5. The average Bonchev–Trinajstić information content (AvgIpc) is 2.48. The van der Waals surface area contributed by atoms with Crippen molar-refractivity contribution < 1.29 is 13.4 Å². The van der Waals surface area contributed by atoms with E-state index < -0.39 is 22.6 Å². The molecule has 128 valence electrons. The summed E-state index contributed by atoms with van der Waals surface area (Å²) in [6.45, 7) is 3.81. The van der Waals surface area contributed by atoms with Crippen LogP contribution in [0.3, 0.4) is 0 Å². The molecular formula is C15H23FN4O2S. The molecule has 1 atom stereocenters. The van der Waals surface area contributed by atoms with Gasteiger partial charge in [0.2, 0.25) is 0 Å². The zero-order valence-electron chi connectivity index (χ0n) is 13.5. The molecule has 2 N–H and O–H groups in total. The predicted octanol–water partition coefficient (Wildman–Crippen LogP) is 1.08. The summed E-state index contributed by atoms with van der Waals surface area (Å²) in [5.41, 5.74) is 1.26. The van der Waals surface area contributed by atoms with Gasteiger partial charge >= 0.3 is 6.03 Å². The molecule has 2 amide bonds. The fourth-order valence-corrected chi connectivity index (χ4v) is 2.80. The molecule has 0 radical (unpaired) electrons. The van der Waals surface area contributed by atoms with Crippen LogP contribution in [0.25, 0.3) is 0 Å². The standard InChI is InChI=1S/C15H23FN4O2S/c1-19-6-8-20(9-7-19)14-4-3-12(16)11-13(14)18-15(21)17-5-10-23(2)22/h3-4,11H,5-10H2,1-2H3,(H2,17,18,21)/t23-/m0/s1. The Hall–Kier alpha value is -1.67. The van der Waals surface area contributed by atoms with Crippen molar-refractivity contribution >= 4 is 28.2 Å². The lowest BCUT2D eigenvalue weighted by Crippen LogP contribution is -2.45. The number of benzene rings is 1. The highest BCUT2D eigenvalue weighted by Crippen LogP contribution is 2.27. The molecule has 6 nitrogen and oxygen atoms in total. The molecule has 0 saturated carbocycles. The van der Waals surface area contributed by atoms with Gasteiger partial charge in [-0.3, -0.25) is 4.21 Å². The number of anilines is 2. The fourth-order valence-electron chi connectivity index (χ4n) is 2.41. The Kier molecular flexibility index (Phi) is 6.35. The minimum absolute atomic E-state index is 0.314. The van der Waals surface area contributed by atoms with Crippen LogP contribution in [0.5, 0.6) is 0 Å². The molecule has 0 aromatic heterocycles. The molecular weight excluding hydrogens is 319 g/mol. The third-order valence-electron chi connectivity index (χ3n) is 3.73. The van der Waals surface area contributed by atoms with Gasteiger partial charge in [0, 0.05) is 55.5 Å². The summed E-state index contributed by atoms with van der Waals surface area (Å²) in [5.74, 6) is -0.00476. The maximum absolute atomic E-state index is 13.5. The van der Waals surface area contributed by atoms with E-state index in [2.05, 4.69) is 27.5 Å². The summed E-state index contributed by atoms with van der Waals surface area (Å²) in [7, 11) is 1.10. The van der Waals surface area contributed by atoms with Crippen LogP contribution in [0.2, 0.25) is 0 Å². The minimum atomic E-state index is -0.959. The quantitative estimate of drug-likeness (QED) is 0.840. The Balaban J connectivity index is 2.03. The molecule has 0 bridgehead atoms. The van der Waals surface area contributed by atoms with Gasteiger partial charge in [0.1, 0.15) is 5.82 Å². The highest BCUT2D eigenvalue weighted by atomic mass is 32.2. The normalized spacial score (nSPS) is 16.9. The number of urea groups is 1. The number of carbonyl (C=O) groups excluding carboxylic acids is 1. The van der Waals surface area contributed by atoms with Gasteiger partial charge in [-0.2, -0.15) is 0 Å². The number of piperazine rings is 1. The molecule has 1 aliphatic rings. The zero-order chi connectivity index (χ0) is 16.8. The number of nitrogens with one attached hydrogen (secondary N) is 2. The van der Waals surface area contributed by atoms with E-state index >= 15 is 0 Å². The van der Waals surface area contributed by atoms with Crippen LogP contribution >= 0.6 is 0 Å². The van der Waals surface area contributed by atoms with Gasteiger partial charge in [-0.05, 0) is 25.2 Å². The summed E-state index contributed by atoms with van der Waals surface area (Å²) in [6.07, 6.45) is 1.58. The fraction of sp³-hybridized carbons (Fsp3) is 0.533. The minimum Gasteiger partial charge on any atom is -0.367 e. The van der Waals surface area contributed by atoms with Crippen molar-refractivity contribution in [3.8, 4) is 0 Å². The Morgan fingerprint density at radius 3 is 2.65 bits per heavy atom. The summed E-state index contributed by atoms with van der Waals surface area (Å²) in [4.78, 5) is 16.3. The Labute approximate surface area is 138 Å². The largest absolute Gasteiger partial charge is 0.367 e. The van der Waals surface area contributed by atoms with Crippen LogP contribution in [0.4, 0.5) is 20.6 Å². The number of halogens is 1. The van der Waals surface area contributed by atoms with E-state index in [1.165, 1.54) is 12.1 Å². The number of amides is 2. The summed E-state index contributed by atoms with van der Waals surface area (Å²) in [6, 6.07) is 4.00. The van der Waals surface area contributed by atoms with Gasteiger partial charge in [0.05, 0.1) is 11.4 Å². The van der Waals surface area contributed by atoms with Gasteiger partial charge in [-0.1, -0.05) is 0 Å². The zero-order valence-corrected chi connectivity index (χ0v) is 14.3. The van der Waals surface area contributed by atoms with E-state index in [-0.39, 0.29) is 0 Å². The SMILES string of the molecule is CN1CCN(c2ccc(F)cc2NC(=O)NCC[S@](C)=O)CC1. The lowest BCUT2D eigenvalue weighted by Gasteiger charge is -2.35. The van der Waals surface area contributed by atoms with Crippen LogP contribution in [0, 0.1) is 5.82 Å². The van der Waals surface area contributed by atoms with Gasteiger partial charge in [-0.25, -0.2) is 9.18 Å². The maximum atomic E-state index is 13.5. The molecule has 0 spiro atoms. The average molecular weight is 342 g/mol. The molecule has 0 unspecified atom stereocenters. The van der Waals surface area contributed by atoms with E-state index in [1.54, 1.807) is 12.3 Å². The van der Waals surface area contributed by atoms with E-state index in [9.17, 15) is 13.4 Å². The van der Waals surface area contributed by atoms with Crippen molar-refractivity contribution in [3.05, 3.63) is 24.0 Å². The molecule has 1 heterocycles. The summed E-state index contributed by atoms with van der Waals surface area (Å²) >= 11 is 0. The lowest BCUT2D eigenvalue weighted by atomic mass is 10.2. The van der Waals surface area contributed by atoms with Crippen LogP contribution in [-0.4, -0.2) is 66.9 Å². The highest BCUT2D eigenvalue weighted by molar-refractivity contribution is 7.84. The molecule has 23 heavy (non-hydrogen) atoms. The van der Waals surface area contributed by atoms with E-state index in [0.29, 0.717) is 18.0 Å². The monoisotopic (exact) mass is 342 g/mol. The van der Waals surface area contributed by atoms with Crippen molar-refractivity contribution in [2.75, 3.05) is 62.0 Å². The second kappa shape index (κ2) is 8.26. The van der Waals surface area contributed by atoms with Gasteiger partial charge < -0.3 is 20.4 Å². The van der Waals surface area contributed by atoms with Crippen LogP contribution < -0.4 is 15.5 Å². The topological polar surface area (TPSA) is 64.7 Å². The number of hydrogen-bond donors (Lipinski definition) is 2. The van der Waals surface area contributed by atoms with Gasteiger partial charge in [-0.15, -0.1) is 0 Å². The second-order valence-corrected chi connectivity index (χ2v) is 7.16. The van der Waals surface area contributed by atoms with E-state index in [1.807, 2.05) is 0 Å². The smallest absolute Gasteiger partial charge is 0.319 e. The maximum Gasteiger partial charge on any atom is 0.319 e. The molecule has 0 aliphatic carbocycles. The Morgan fingerprint density at radius 2 is 2.00 bits per heavy atom. The van der Waals surface area contributed by atoms with Crippen LogP contribution in [-0.2, 0) is 10.8 Å². The molecule has 1 aliphatic heterocycles. The van der Waals surface area contributed by atoms with Crippen molar-refractivity contribution in [1.82, 2.24) is 10.2 Å². The number of nitrogens with zero attached hydrogens (tertiary/aromatic N) is 2. The van der Waals surface area contributed by atoms with E-state index in [4.69, 9.17) is 0 Å². The van der Waals surface area contributed by atoms with E-state index in [0.717, 1.165) is 31.9 Å². The van der Waals surface area contributed by atoms with Crippen molar-refractivity contribution in [1.29, 1.82) is 0 Å². The molecule has 8 heteroatoms. The van der Waals surface area contributed by atoms with Crippen molar-refractivity contribution in [3.63, 3.8) is 0 Å². The molecule has 1 saturated heterocycles. The molecule has 1 fully saturated rings. The first-order valence-electron chi connectivity index (χ1n) is 7.53. The molecule has 1 aromatic carbocycles. The number of likely N-dealkylation sites (N-methyl/N-ethyl adjacent to an activating group) is 1. The third-order valence-corrected chi connectivity index (χ3v) is 4.50. The number of carbonyl (C=O) groups is 1. The highest BCUT2D eigenvalue weighted by Gasteiger charge is 2.18. The van der Waals surface area contributed by atoms with Crippen LogP contribution in [0.15, 0.2) is 18.2 Å². The first-order chi connectivity index (χ1) is 11.0. The van der Waals surface area contributed by atoms with Crippen molar-refractivity contribution in [2.24, 2.45) is 0 Å². The Bertz CT molecular complexity index is 577. The molecule has 1 aromatic rings. The van der Waals surface area contributed by atoms with Crippen LogP contribution in [0.1, 0.15) is 0 Å². The Morgan fingerprint density at radius 1 is 1.30 bits per heavy atom. The predicted molar refractivity (Wildman–Crippen MR) is 92.1 cm³/mol. The first-order valence-corrected chi connectivity index (χ1v) is 9.26. The van der Waals surface area contributed by atoms with Crippen molar-refractivity contribution in [2.45, 2.75) is 0 Å². The summed E-state index contributed by atoms with van der Waals surface area (Å²) in [5, 5.41) is 5.32.